The molecule has 1 aliphatic heterocycles. The first-order chi connectivity index (χ1) is 9.75. The van der Waals surface area contributed by atoms with Gasteiger partial charge in [0.25, 0.3) is 0 Å². The summed E-state index contributed by atoms with van der Waals surface area (Å²) >= 11 is 0. The van der Waals surface area contributed by atoms with E-state index in [1.54, 1.807) is 28.6 Å². The lowest BCUT2D eigenvalue weighted by Gasteiger charge is -2.38. The third-order valence-corrected chi connectivity index (χ3v) is 6.29. The lowest BCUT2D eigenvalue weighted by Crippen LogP contribution is -2.41. The van der Waals surface area contributed by atoms with E-state index in [-0.39, 0.29) is 16.9 Å². The molecule has 0 saturated carbocycles. The first-order valence-electron chi connectivity index (χ1n) is 7.45. The van der Waals surface area contributed by atoms with Gasteiger partial charge in [0.15, 0.2) is 0 Å². The molecule has 0 aliphatic carbocycles. The maximum atomic E-state index is 12.7. The molecule has 0 radical (unpaired) electrons. The number of sulfonamides is 1. The summed E-state index contributed by atoms with van der Waals surface area (Å²) in [4.78, 5) is 0.281. The highest BCUT2D eigenvalue weighted by molar-refractivity contribution is 7.89. The van der Waals surface area contributed by atoms with E-state index >= 15 is 0 Å². The second kappa shape index (κ2) is 6.07. The lowest BCUT2D eigenvalue weighted by atomic mass is 9.76. The second-order valence-electron chi connectivity index (χ2n) is 6.85. The predicted octanol–water partition coefficient (Wildman–Crippen LogP) is 2.63. The van der Waals surface area contributed by atoms with Crippen LogP contribution in [0.5, 0.6) is 0 Å². The molecule has 1 aromatic carbocycles. The molecule has 1 saturated heterocycles. The Morgan fingerprint density at radius 2 is 1.86 bits per heavy atom. The average Bonchev–Trinajstić information content (AvgIpc) is 2.46. The Kier molecular flexibility index (Phi) is 4.76. The van der Waals surface area contributed by atoms with Crippen molar-refractivity contribution in [3.63, 3.8) is 0 Å². The van der Waals surface area contributed by atoms with Crippen LogP contribution < -0.4 is 0 Å². The fraction of sp³-hybridized carbons (Fsp3) is 0.625. The summed E-state index contributed by atoms with van der Waals surface area (Å²) in [7, 11) is -3.44. The van der Waals surface area contributed by atoms with Crippen molar-refractivity contribution < 1.29 is 13.5 Å². The fourth-order valence-corrected chi connectivity index (χ4v) is 4.46. The molecule has 1 aromatic rings. The normalized spacial score (nSPS) is 18.9. The summed E-state index contributed by atoms with van der Waals surface area (Å²) in [5.74, 6) is 0.563. The van der Waals surface area contributed by atoms with Gasteiger partial charge in [0.05, 0.1) is 11.5 Å². The molecule has 1 heterocycles. The third-order valence-electron chi connectivity index (χ3n) is 4.40. The van der Waals surface area contributed by atoms with Gasteiger partial charge in [0.2, 0.25) is 10.0 Å². The first kappa shape index (κ1) is 16.5. The van der Waals surface area contributed by atoms with Crippen molar-refractivity contribution in [1.82, 2.24) is 4.31 Å². The van der Waals surface area contributed by atoms with E-state index in [1.165, 1.54) is 0 Å². The van der Waals surface area contributed by atoms with Gasteiger partial charge in [-0.1, -0.05) is 32.9 Å². The number of nitrogens with zero attached hydrogens (tertiary/aromatic N) is 1. The first-order valence-corrected chi connectivity index (χ1v) is 8.89. The van der Waals surface area contributed by atoms with Gasteiger partial charge in [-0.15, -0.1) is 0 Å². The van der Waals surface area contributed by atoms with Crippen LogP contribution in [0.4, 0.5) is 0 Å². The van der Waals surface area contributed by atoms with Crippen LogP contribution in [0.2, 0.25) is 0 Å². The van der Waals surface area contributed by atoms with Crippen LogP contribution in [-0.2, 0) is 16.6 Å². The van der Waals surface area contributed by atoms with Crippen molar-refractivity contribution in [1.29, 1.82) is 0 Å². The Morgan fingerprint density at radius 1 is 1.24 bits per heavy atom. The largest absolute Gasteiger partial charge is 0.392 e. The quantitative estimate of drug-likeness (QED) is 0.933. The zero-order chi connectivity index (χ0) is 15.7. The van der Waals surface area contributed by atoms with Gasteiger partial charge in [-0.25, -0.2) is 8.42 Å². The molecule has 0 atom stereocenters. The Labute approximate surface area is 127 Å². The number of piperidine rings is 1. The van der Waals surface area contributed by atoms with Crippen LogP contribution in [0.1, 0.15) is 39.2 Å². The van der Waals surface area contributed by atoms with Crippen LogP contribution in [0.15, 0.2) is 29.2 Å². The van der Waals surface area contributed by atoms with Gasteiger partial charge in [-0.2, -0.15) is 4.31 Å². The highest BCUT2D eigenvalue weighted by Gasteiger charge is 2.33. The summed E-state index contributed by atoms with van der Waals surface area (Å²) < 4.78 is 26.9. The Morgan fingerprint density at radius 3 is 2.38 bits per heavy atom. The molecule has 0 bridgehead atoms. The molecule has 4 nitrogen and oxygen atoms in total. The molecule has 21 heavy (non-hydrogen) atoms. The van der Waals surface area contributed by atoms with Crippen LogP contribution in [0, 0.1) is 11.3 Å². The smallest absolute Gasteiger partial charge is 0.243 e. The van der Waals surface area contributed by atoms with Gasteiger partial charge >= 0.3 is 0 Å². The summed E-state index contributed by atoms with van der Waals surface area (Å²) in [6, 6.07) is 6.57. The standard InChI is InChI=1S/C16H25NO3S/c1-16(2,3)14-7-9-17(10-8-14)21(19,20)15-6-4-5-13(11-15)12-18/h4-6,11,14,18H,7-10,12H2,1-3H3. The minimum absolute atomic E-state index is 0.143. The van der Waals surface area contributed by atoms with E-state index in [9.17, 15) is 8.42 Å². The lowest BCUT2D eigenvalue weighted by molar-refractivity contribution is 0.154. The van der Waals surface area contributed by atoms with Gasteiger partial charge in [0.1, 0.15) is 0 Å². The molecule has 0 aromatic heterocycles. The van der Waals surface area contributed by atoms with Gasteiger partial charge < -0.3 is 5.11 Å². The molecular weight excluding hydrogens is 286 g/mol. The number of aliphatic hydroxyl groups excluding tert-OH is 1. The second-order valence-corrected chi connectivity index (χ2v) is 8.79. The topological polar surface area (TPSA) is 57.6 Å². The van der Waals surface area contributed by atoms with Gasteiger partial charge in [0, 0.05) is 13.1 Å². The Bertz CT molecular complexity index is 582. The SMILES string of the molecule is CC(C)(C)C1CCN(S(=O)(=O)c2cccc(CO)c2)CC1. The predicted molar refractivity (Wildman–Crippen MR) is 83.3 cm³/mol. The molecule has 0 unspecified atom stereocenters. The molecular formula is C16H25NO3S. The van der Waals surface area contributed by atoms with Gasteiger partial charge in [-0.3, -0.25) is 0 Å². The molecule has 0 amide bonds. The molecule has 1 N–H and O–H groups in total. The summed E-state index contributed by atoms with van der Waals surface area (Å²) in [5.41, 5.74) is 0.854. The highest BCUT2D eigenvalue weighted by Crippen LogP contribution is 2.35. The molecule has 0 spiro atoms. The summed E-state index contributed by atoms with van der Waals surface area (Å²) in [6.45, 7) is 7.66. The highest BCUT2D eigenvalue weighted by atomic mass is 32.2. The monoisotopic (exact) mass is 311 g/mol. The molecule has 1 fully saturated rings. The van der Waals surface area contributed by atoms with E-state index in [4.69, 9.17) is 5.11 Å². The zero-order valence-corrected chi connectivity index (χ0v) is 13.9. The summed E-state index contributed by atoms with van der Waals surface area (Å²) in [6.07, 6.45) is 1.81. The Hall–Kier alpha value is -0.910. The van der Waals surface area contributed by atoms with Crippen molar-refractivity contribution in [2.45, 2.75) is 45.1 Å². The number of hydrogen-bond donors (Lipinski definition) is 1. The fourth-order valence-electron chi connectivity index (χ4n) is 2.92. The van der Waals surface area contributed by atoms with E-state index in [2.05, 4.69) is 20.8 Å². The van der Waals surface area contributed by atoms with Gasteiger partial charge in [-0.05, 0) is 41.9 Å². The van der Waals surface area contributed by atoms with Crippen molar-refractivity contribution in [3.05, 3.63) is 29.8 Å². The van der Waals surface area contributed by atoms with Crippen LogP contribution in [0.3, 0.4) is 0 Å². The third kappa shape index (κ3) is 3.65. The number of aliphatic hydroxyl groups is 1. The van der Waals surface area contributed by atoms with Crippen molar-refractivity contribution in [3.8, 4) is 0 Å². The Balaban J connectivity index is 2.15. The van der Waals surface area contributed by atoms with Crippen LogP contribution >= 0.6 is 0 Å². The van der Waals surface area contributed by atoms with Crippen molar-refractivity contribution in [2.24, 2.45) is 11.3 Å². The van der Waals surface area contributed by atoms with Crippen LogP contribution in [-0.4, -0.2) is 30.9 Å². The number of hydrogen-bond acceptors (Lipinski definition) is 3. The summed E-state index contributed by atoms with van der Waals surface area (Å²) in [5, 5.41) is 9.15. The minimum atomic E-state index is -3.44. The van der Waals surface area contributed by atoms with E-state index in [0.717, 1.165) is 12.8 Å². The van der Waals surface area contributed by atoms with E-state index in [1.807, 2.05) is 0 Å². The number of benzene rings is 1. The molecule has 118 valence electrons. The number of rotatable bonds is 3. The van der Waals surface area contributed by atoms with E-state index in [0.29, 0.717) is 24.6 Å². The molecule has 2 rings (SSSR count). The van der Waals surface area contributed by atoms with Crippen molar-refractivity contribution in [2.75, 3.05) is 13.1 Å². The molecule has 1 aliphatic rings. The maximum Gasteiger partial charge on any atom is 0.243 e. The van der Waals surface area contributed by atoms with E-state index < -0.39 is 10.0 Å². The molecule has 5 heteroatoms. The average molecular weight is 311 g/mol. The minimum Gasteiger partial charge on any atom is -0.392 e. The van der Waals surface area contributed by atoms with Crippen LogP contribution in [0.25, 0.3) is 0 Å². The maximum absolute atomic E-state index is 12.7. The van der Waals surface area contributed by atoms with Crippen molar-refractivity contribution >= 4 is 10.0 Å². The zero-order valence-electron chi connectivity index (χ0n) is 13.0.